The molecule has 0 radical (unpaired) electrons. The normalized spacial score (nSPS) is 10.4. The molecule has 0 aliphatic heterocycles. The molecular weight excluding hydrogens is 210 g/mol. The molecule has 0 spiro atoms. The number of nitrogen functional groups attached to an aromatic ring is 1. The Morgan fingerprint density at radius 1 is 1.06 bits per heavy atom. The summed E-state index contributed by atoms with van der Waals surface area (Å²) in [5.74, 6) is -1.71. The van der Waals surface area contributed by atoms with Crippen LogP contribution in [-0.4, -0.2) is 4.98 Å². The minimum atomic E-state index is -0.878. The van der Waals surface area contributed by atoms with E-state index in [1.165, 1.54) is 25.3 Å². The van der Waals surface area contributed by atoms with Crippen molar-refractivity contribution in [3.05, 3.63) is 47.7 Å². The number of aromatic nitrogens is 1. The van der Waals surface area contributed by atoms with E-state index >= 15 is 0 Å². The number of benzene rings is 1. The fourth-order valence-corrected chi connectivity index (χ4v) is 1.41. The van der Waals surface area contributed by atoms with Crippen LogP contribution >= 0.6 is 0 Å². The molecule has 4 heteroatoms. The molecule has 82 valence electrons. The molecule has 0 aliphatic carbocycles. The Balaban J connectivity index is 2.57. The lowest BCUT2D eigenvalue weighted by Crippen LogP contribution is -1.95. The maximum atomic E-state index is 13.6. The number of anilines is 1. The van der Waals surface area contributed by atoms with Crippen molar-refractivity contribution < 1.29 is 8.78 Å². The molecule has 2 rings (SSSR count). The summed E-state index contributed by atoms with van der Waals surface area (Å²) >= 11 is 0. The third-order valence-corrected chi connectivity index (χ3v) is 2.34. The van der Waals surface area contributed by atoms with E-state index in [0.29, 0.717) is 11.4 Å². The lowest BCUT2D eigenvalue weighted by atomic mass is 10.1. The van der Waals surface area contributed by atoms with Crippen LogP contribution < -0.4 is 5.73 Å². The lowest BCUT2D eigenvalue weighted by Gasteiger charge is -2.05. The smallest absolute Gasteiger partial charge is 0.168 e. The summed E-state index contributed by atoms with van der Waals surface area (Å²) in [6.07, 6.45) is 1.41. The minimum absolute atomic E-state index is 0.142. The van der Waals surface area contributed by atoms with Gasteiger partial charge in [-0.3, -0.25) is 4.98 Å². The highest BCUT2D eigenvalue weighted by Crippen LogP contribution is 2.24. The first-order valence-corrected chi connectivity index (χ1v) is 4.76. The quantitative estimate of drug-likeness (QED) is 0.802. The van der Waals surface area contributed by atoms with Crippen molar-refractivity contribution in [2.24, 2.45) is 0 Å². The molecule has 2 N–H and O–H groups in total. The summed E-state index contributed by atoms with van der Waals surface area (Å²) in [5.41, 5.74) is 6.73. The standard InChI is InChI=1S/C12H10F2N2/c1-7-2-4-9(12(14)11(7)13)10-5-3-8(15)6-16-10/h2-6H,15H2,1H3. The Labute approximate surface area is 91.7 Å². The highest BCUT2D eigenvalue weighted by molar-refractivity contribution is 5.62. The van der Waals surface area contributed by atoms with Crippen molar-refractivity contribution >= 4 is 5.69 Å². The number of rotatable bonds is 1. The number of pyridine rings is 1. The Hall–Kier alpha value is -1.97. The average molecular weight is 220 g/mol. The molecule has 0 fully saturated rings. The molecule has 0 aliphatic rings. The third kappa shape index (κ3) is 1.74. The second-order valence-corrected chi connectivity index (χ2v) is 3.53. The largest absolute Gasteiger partial charge is 0.397 e. The number of nitrogens with two attached hydrogens (primary N) is 1. The van der Waals surface area contributed by atoms with Gasteiger partial charge in [0.1, 0.15) is 0 Å². The SMILES string of the molecule is Cc1ccc(-c2ccc(N)cn2)c(F)c1F. The van der Waals surface area contributed by atoms with Gasteiger partial charge < -0.3 is 5.73 Å². The van der Waals surface area contributed by atoms with E-state index in [9.17, 15) is 8.78 Å². The molecule has 0 bridgehead atoms. The van der Waals surface area contributed by atoms with E-state index < -0.39 is 11.6 Å². The van der Waals surface area contributed by atoms with Gasteiger partial charge in [-0.2, -0.15) is 0 Å². The summed E-state index contributed by atoms with van der Waals surface area (Å²) in [6.45, 7) is 1.51. The average Bonchev–Trinajstić information content (AvgIpc) is 2.28. The Morgan fingerprint density at radius 2 is 1.81 bits per heavy atom. The summed E-state index contributed by atoms with van der Waals surface area (Å²) < 4.78 is 26.9. The van der Waals surface area contributed by atoms with Gasteiger partial charge in [0.2, 0.25) is 0 Å². The van der Waals surface area contributed by atoms with E-state index in [-0.39, 0.29) is 11.1 Å². The molecule has 0 amide bonds. The van der Waals surface area contributed by atoms with Crippen molar-refractivity contribution in [2.45, 2.75) is 6.92 Å². The van der Waals surface area contributed by atoms with E-state index in [1.807, 2.05) is 0 Å². The van der Waals surface area contributed by atoms with Gasteiger partial charge in [-0.1, -0.05) is 6.07 Å². The number of hydrogen-bond donors (Lipinski definition) is 1. The molecule has 0 atom stereocenters. The zero-order chi connectivity index (χ0) is 11.7. The van der Waals surface area contributed by atoms with Crippen LogP contribution in [-0.2, 0) is 0 Å². The topological polar surface area (TPSA) is 38.9 Å². The highest BCUT2D eigenvalue weighted by atomic mass is 19.2. The molecule has 16 heavy (non-hydrogen) atoms. The molecule has 1 heterocycles. The Bertz CT molecular complexity index is 521. The van der Waals surface area contributed by atoms with Gasteiger partial charge in [0.25, 0.3) is 0 Å². The Kier molecular flexibility index (Phi) is 2.56. The first-order chi connectivity index (χ1) is 7.59. The third-order valence-electron chi connectivity index (χ3n) is 2.34. The molecule has 1 aromatic carbocycles. The van der Waals surface area contributed by atoms with Crippen molar-refractivity contribution in [1.29, 1.82) is 0 Å². The van der Waals surface area contributed by atoms with E-state index in [2.05, 4.69) is 4.98 Å². The van der Waals surface area contributed by atoms with Crippen LogP contribution in [0.25, 0.3) is 11.3 Å². The van der Waals surface area contributed by atoms with Crippen molar-refractivity contribution in [3.8, 4) is 11.3 Å². The molecular formula is C12H10F2N2. The van der Waals surface area contributed by atoms with Crippen LogP contribution in [0.2, 0.25) is 0 Å². The molecule has 0 saturated heterocycles. The van der Waals surface area contributed by atoms with Crippen LogP contribution in [0.3, 0.4) is 0 Å². The van der Waals surface area contributed by atoms with E-state index in [4.69, 9.17) is 5.73 Å². The maximum Gasteiger partial charge on any atom is 0.168 e. The van der Waals surface area contributed by atoms with Crippen molar-refractivity contribution in [3.63, 3.8) is 0 Å². The number of halogens is 2. The molecule has 2 nitrogen and oxygen atoms in total. The first-order valence-electron chi connectivity index (χ1n) is 4.76. The summed E-state index contributed by atoms with van der Waals surface area (Å²) in [6, 6.07) is 6.18. The van der Waals surface area contributed by atoms with Gasteiger partial charge in [0, 0.05) is 5.56 Å². The molecule has 0 unspecified atom stereocenters. The number of nitrogens with zero attached hydrogens (tertiary/aromatic N) is 1. The van der Waals surface area contributed by atoms with Gasteiger partial charge in [0.15, 0.2) is 11.6 Å². The van der Waals surface area contributed by atoms with Gasteiger partial charge in [0.05, 0.1) is 17.6 Å². The maximum absolute atomic E-state index is 13.6. The zero-order valence-corrected chi connectivity index (χ0v) is 8.67. The van der Waals surface area contributed by atoms with Gasteiger partial charge in [-0.15, -0.1) is 0 Å². The van der Waals surface area contributed by atoms with Crippen LogP contribution in [0.5, 0.6) is 0 Å². The van der Waals surface area contributed by atoms with Gasteiger partial charge in [-0.05, 0) is 30.7 Å². The van der Waals surface area contributed by atoms with Crippen molar-refractivity contribution in [1.82, 2.24) is 4.98 Å². The lowest BCUT2D eigenvalue weighted by molar-refractivity contribution is 0.505. The van der Waals surface area contributed by atoms with Crippen LogP contribution in [0.1, 0.15) is 5.56 Å². The summed E-state index contributed by atoms with van der Waals surface area (Å²) in [7, 11) is 0. The zero-order valence-electron chi connectivity index (χ0n) is 8.67. The second-order valence-electron chi connectivity index (χ2n) is 3.53. The van der Waals surface area contributed by atoms with Crippen molar-refractivity contribution in [2.75, 3.05) is 5.73 Å². The second kappa shape index (κ2) is 3.89. The first kappa shape index (κ1) is 10.5. The van der Waals surface area contributed by atoms with Crippen LogP contribution in [0.4, 0.5) is 14.5 Å². The van der Waals surface area contributed by atoms with E-state index in [1.54, 1.807) is 12.1 Å². The predicted octanol–water partition coefficient (Wildman–Crippen LogP) is 2.92. The highest BCUT2D eigenvalue weighted by Gasteiger charge is 2.12. The summed E-state index contributed by atoms with van der Waals surface area (Å²) in [4.78, 5) is 3.95. The van der Waals surface area contributed by atoms with Crippen LogP contribution in [0, 0.1) is 18.6 Å². The molecule has 1 aromatic heterocycles. The Morgan fingerprint density at radius 3 is 2.44 bits per heavy atom. The number of aryl methyl sites for hydroxylation is 1. The fraction of sp³-hybridized carbons (Fsp3) is 0.0833. The fourth-order valence-electron chi connectivity index (χ4n) is 1.41. The number of hydrogen-bond acceptors (Lipinski definition) is 2. The van der Waals surface area contributed by atoms with Gasteiger partial charge in [-0.25, -0.2) is 8.78 Å². The van der Waals surface area contributed by atoms with Crippen LogP contribution in [0.15, 0.2) is 30.5 Å². The summed E-state index contributed by atoms with van der Waals surface area (Å²) in [5, 5.41) is 0. The molecule has 2 aromatic rings. The monoisotopic (exact) mass is 220 g/mol. The molecule has 0 saturated carbocycles. The van der Waals surface area contributed by atoms with E-state index in [0.717, 1.165) is 0 Å². The predicted molar refractivity (Wildman–Crippen MR) is 58.7 cm³/mol. The van der Waals surface area contributed by atoms with Gasteiger partial charge >= 0.3 is 0 Å². The minimum Gasteiger partial charge on any atom is -0.397 e.